The van der Waals surface area contributed by atoms with E-state index in [1.54, 1.807) is 0 Å². The van der Waals surface area contributed by atoms with Crippen molar-refractivity contribution < 1.29 is 4.74 Å². The topological polar surface area (TPSA) is 45.7 Å². The molecule has 0 spiro atoms. The molecule has 1 saturated carbocycles. The molecule has 28 heavy (non-hydrogen) atoms. The normalized spacial score (nSPS) is 24.5. The average Bonchev–Trinajstić information content (AvgIpc) is 3.13. The number of thioether (sulfide) groups is 1. The Morgan fingerprint density at radius 1 is 1.29 bits per heavy atom. The van der Waals surface area contributed by atoms with Crippen molar-refractivity contribution in [2.75, 3.05) is 32.6 Å². The average molecular weight is 538 g/mol. The minimum absolute atomic E-state index is 0. The van der Waals surface area contributed by atoms with E-state index in [0.29, 0.717) is 6.04 Å². The summed E-state index contributed by atoms with van der Waals surface area (Å²) in [6.07, 6.45) is 5.69. The van der Waals surface area contributed by atoms with E-state index in [2.05, 4.69) is 46.4 Å². The van der Waals surface area contributed by atoms with Gasteiger partial charge in [0.2, 0.25) is 0 Å². The van der Waals surface area contributed by atoms with Crippen LogP contribution in [0.2, 0.25) is 5.02 Å². The summed E-state index contributed by atoms with van der Waals surface area (Å²) in [5.41, 5.74) is 1.21. The Morgan fingerprint density at radius 2 is 2.04 bits per heavy atom. The molecule has 0 bridgehead atoms. The van der Waals surface area contributed by atoms with Gasteiger partial charge >= 0.3 is 0 Å². The van der Waals surface area contributed by atoms with E-state index in [1.807, 2.05) is 19.2 Å². The van der Waals surface area contributed by atoms with Crippen molar-refractivity contribution in [2.45, 2.75) is 55.7 Å². The molecule has 158 valence electrons. The molecule has 0 aromatic heterocycles. The SMILES string of the molecule is CCSC1CCC(NC(=NC)NCC2(c3ccccc3Cl)CCOCC2)C1.I. The van der Waals surface area contributed by atoms with E-state index in [1.165, 1.54) is 30.6 Å². The van der Waals surface area contributed by atoms with Crippen molar-refractivity contribution in [3.8, 4) is 0 Å². The third kappa shape index (κ3) is 6.16. The van der Waals surface area contributed by atoms with Crippen LogP contribution in [0.3, 0.4) is 0 Å². The van der Waals surface area contributed by atoms with Crippen molar-refractivity contribution in [1.82, 2.24) is 10.6 Å². The lowest BCUT2D eigenvalue weighted by Gasteiger charge is -2.39. The highest BCUT2D eigenvalue weighted by Crippen LogP contribution is 2.38. The second-order valence-corrected chi connectivity index (χ2v) is 9.51. The standard InChI is InChI=1S/C21H32ClN3OS.HI/c1-3-27-17-9-8-16(14-17)25-20(23-2)24-15-21(10-12-26-13-11-21)18-6-4-5-7-19(18)22;/h4-7,16-17H,3,8-15H2,1-2H3,(H2,23,24,25);1H. The highest BCUT2D eigenvalue weighted by molar-refractivity contribution is 14.0. The Morgan fingerprint density at radius 3 is 2.71 bits per heavy atom. The highest BCUT2D eigenvalue weighted by atomic mass is 127. The lowest BCUT2D eigenvalue weighted by atomic mass is 9.74. The van der Waals surface area contributed by atoms with E-state index in [0.717, 1.165) is 48.8 Å². The van der Waals surface area contributed by atoms with Gasteiger partial charge in [-0.25, -0.2) is 0 Å². The number of hydrogen-bond donors (Lipinski definition) is 2. The van der Waals surface area contributed by atoms with Crippen LogP contribution >= 0.6 is 47.3 Å². The molecular formula is C21H33ClIN3OS. The fourth-order valence-electron chi connectivity index (χ4n) is 4.29. The van der Waals surface area contributed by atoms with Crippen molar-refractivity contribution in [3.05, 3.63) is 34.9 Å². The van der Waals surface area contributed by atoms with Crippen LogP contribution in [0.1, 0.15) is 44.6 Å². The molecule has 1 saturated heterocycles. The first-order chi connectivity index (χ1) is 13.2. The van der Waals surface area contributed by atoms with Crippen LogP contribution in [0, 0.1) is 0 Å². The Kier molecular flexibility index (Phi) is 10.2. The summed E-state index contributed by atoms with van der Waals surface area (Å²) in [7, 11) is 1.86. The summed E-state index contributed by atoms with van der Waals surface area (Å²) in [6.45, 7) is 4.61. The van der Waals surface area contributed by atoms with E-state index in [-0.39, 0.29) is 29.4 Å². The van der Waals surface area contributed by atoms with Crippen LogP contribution in [0.15, 0.2) is 29.3 Å². The van der Waals surface area contributed by atoms with E-state index in [4.69, 9.17) is 16.3 Å². The molecule has 2 fully saturated rings. The molecule has 2 unspecified atom stereocenters. The van der Waals surface area contributed by atoms with Gasteiger partial charge < -0.3 is 15.4 Å². The minimum atomic E-state index is -0.00944. The number of aliphatic imine (C=N–C) groups is 1. The lowest BCUT2D eigenvalue weighted by Crippen LogP contribution is -2.50. The number of nitrogens with zero attached hydrogens (tertiary/aromatic N) is 1. The Balaban J connectivity index is 0.00000280. The molecule has 2 N–H and O–H groups in total. The smallest absolute Gasteiger partial charge is 0.191 e. The predicted molar refractivity (Wildman–Crippen MR) is 133 cm³/mol. The third-order valence-corrected chi connectivity index (χ3v) is 7.40. The molecule has 1 aromatic rings. The zero-order chi connectivity index (χ0) is 19.1. The Hall–Kier alpha value is -0.180. The molecule has 4 nitrogen and oxygen atoms in total. The fraction of sp³-hybridized carbons (Fsp3) is 0.667. The van der Waals surface area contributed by atoms with Gasteiger partial charge in [-0.2, -0.15) is 11.8 Å². The number of rotatable bonds is 6. The van der Waals surface area contributed by atoms with Gasteiger partial charge in [0.15, 0.2) is 5.96 Å². The van der Waals surface area contributed by atoms with Crippen molar-refractivity contribution in [1.29, 1.82) is 0 Å². The van der Waals surface area contributed by atoms with Crippen LogP contribution in [0.4, 0.5) is 0 Å². The molecule has 1 aliphatic carbocycles. The predicted octanol–water partition coefficient (Wildman–Crippen LogP) is 4.85. The van der Waals surface area contributed by atoms with Gasteiger partial charge in [0.05, 0.1) is 0 Å². The van der Waals surface area contributed by atoms with E-state index in [9.17, 15) is 0 Å². The maximum atomic E-state index is 6.56. The molecule has 0 radical (unpaired) electrons. The van der Waals surface area contributed by atoms with Gasteiger partial charge in [-0.3, -0.25) is 4.99 Å². The molecule has 0 amide bonds. The number of guanidine groups is 1. The van der Waals surface area contributed by atoms with Gasteiger partial charge in [-0.05, 0) is 49.5 Å². The Bertz CT molecular complexity index is 640. The summed E-state index contributed by atoms with van der Waals surface area (Å²) in [4.78, 5) is 4.48. The summed E-state index contributed by atoms with van der Waals surface area (Å²) < 4.78 is 5.64. The van der Waals surface area contributed by atoms with Crippen LogP contribution < -0.4 is 10.6 Å². The van der Waals surface area contributed by atoms with Gasteiger partial charge in [0, 0.05) is 48.5 Å². The fourth-order valence-corrected chi connectivity index (χ4v) is 5.77. The zero-order valence-electron chi connectivity index (χ0n) is 16.9. The molecular weight excluding hydrogens is 505 g/mol. The molecule has 3 rings (SSSR count). The number of benzene rings is 1. The number of nitrogens with one attached hydrogen (secondary N) is 2. The second-order valence-electron chi connectivity index (χ2n) is 7.53. The van der Waals surface area contributed by atoms with Crippen molar-refractivity contribution in [2.24, 2.45) is 4.99 Å². The Labute approximate surface area is 196 Å². The summed E-state index contributed by atoms with van der Waals surface area (Å²) in [6, 6.07) is 8.75. The summed E-state index contributed by atoms with van der Waals surface area (Å²) in [5, 5.41) is 8.87. The van der Waals surface area contributed by atoms with Crippen LogP contribution in [-0.2, 0) is 10.2 Å². The largest absolute Gasteiger partial charge is 0.381 e. The maximum absolute atomic E-state index is 6.56. The van der Waals surface area contributed by atoms with Crippen molar-refractivity contribution in [3.63, 3.8) is 0 Å². The lowest BCUT2D eigenvalue weighted by molar-refractivity contribution is 0.0514. The van der Waals surface area contributed by atoms with E-state index >= 15 is 0 Å². The van der Waals surface area contributed by atoms with Crippen molar-refractivity contribution >= 4 is 53.3 Å². The number of ether oxygens (including phenoxy) is 1. The minimum Gasteiger partial charge on any atom is -0.381 e. The number of hydrogen-bond acceptors (Lipinski definition) is 3. The van der Waals surface area contributed by atoms with Gasteiger partial charge in [-0.15, -0.1) is 24.0 Å². The van der Waals surface area contributed by atoms with Gasteiger partial charge in [-0.1, -0.05) is 36.7 Å². The molecule has 1 aliphatic heterocycles. The quantitative estimate of drug-likeness (QED) is 0.310. The monoisotopic (exact) mass is 537 g/mol. The maximum Gasteiger partial charge on any atom is 0.191 e. The second kappa shape index (κ2) is 11.9. The van der Waals surface area contributed by atoms with Crippen LogP contribution in [-0.4, -0.2) is 49.8 Å². The van der Waals surface area contributed by atoms with Gasteiger partial charge in [0.25, 0.3) is 0 Å². The van der Waals surface area contributed by atoms with Crippen LogP contribution in [0.25, 0.3) is 0 Å². The van der Waals surface area contributed by atoms with Crippen LogP contribution in [0.5, 0.6) is 0 Å². The zero-order valence-corrected chi connectivity index (χ0v) is 20.8. The molecule has 1 heterocycles. The molecule has 2 aliphatic rings. The molecule has 1 aromatic carbocycles. The van der Waals surface area contributed by atoms with E-state index < -0.39 is 0 Å². The molecule has 2 atom stereocenters. The van der Waals surface area contributed by atoms with Gasteiger partial charge in [0.1, 0.15) is 0 Å². The first kappa shape index (κ1) is 24.1. The third-order valence-electron chi connectivity index (χ3n) is 5.84. The highest BCUT2D eigenvalue weighted by Gasteiger charge is 2.36. The first-order valence-corrected chi connectivity index (χ1v) is 11.5. The summed E-state index contributed by atoms with van der Waals surface area (Å²) in [5.74, 6) is 2.10. The summed E-state index contributed by atoms with van der Waals surface area (Å²) >= 11 is 8.65. The number of halogens is 2. The molecule has 7 heteroatoms. The first-order valence-electron chi connectivity index (χ1n) is 10.1.